The van der Waals surface area contributed by atoms with Crippen molar-refractivity contribution < 1.29 is 9.59 Å². The molecule has 2 amide bonds. The van der Waals surface area contributed by atoms with Gasteiger partial charge in [0.15, 0.2) is 0 Å². The van der Waals surface area contributed by atoms with Crippen LogP contribution in [0.25, 0.3) is 0 Å². The van der Waals surface area contributed by atoms with E-state index in [0.29, 0.717) is 24.3 Å². The van der Waals surface area contributed by atoms with Gasteiger partial charge in [-0.15, -0.1) is 0 Å². The molecule has 0 spiro atoms. The third-order valence-electron chi connectivity index (χ3n) is 4.92. The van der Waals surface area contributed by atoms with E-state index in [0.717, 1.165) is 19.3 Å². The van der Waals surface area contributed by atoms with Gasteiger partial charge in [-0.3, -0.25) is 9.59 Å². The van der Waals surface area contributed by atoms with E-state index < -0.39 is 0 Å². The topological polar surface area (TPSA) is 75.4 Å². The molecule has 2 fully saturated rings. The van der Waals surface area contributed by atoms with Crippen molar-refractivity contribution in [2.24, 2.45) is 17.1 Å². The molecule has 1 atom stereocenters. The van der Waals surface area contributed by atoms with Crippen LogP contribution in [0.2, 0.25) is 0 Å². The smallest absolute Gasteiger partial charge is 0.253 e. The summed E-state index contributed by atoms with van der Waals surface area (Å²) >= 11 is 0. The lowest BCUT2D eigenvalue weighted by Crippen LogP contribution is -2.54. The lowest BCUT2D eigenvalue weighted by molar-refractivity contribution is -0.117. The summed E-state index contributed by atoms with van der Waals surface area (Å²) in [6.07, 6.45) is 2.75. The van der Waals surface area contributed by atoms with Gasteiger partial charge in [-0.05, 0) is 42.9 Å². The summed E-state index contributed by atoms with van der Waals surface area (Å²) in [5.74, 6) is 0.214. The van der Waals surface area contributed by atoms with E-state index in [1.54, 1.807) is 12.1 Å². The molecule has 2 aliphatic rings. The number of carbonyl (C=O) groups excluding carboxylic acids is 2. The lowest BCUT2D eigenvalue weighted by Gasteiger charge is -2.42. The fourth-order valence-electron chi connectivity index (χ4n) is 3.05. The number of carbonyl (C=O) groups is 2. The van der Waals surface area contributed by atoms with Crippen molar-refractivity contribution in [3.63, 3.8) is 0 Å². The van der Waals surface area contributed by atoms with Crippen LogP contribution in [0.15, 0.2) is 24.3 Å². The first-order chi connectivity index (χ1) is 10.9. The Hall–Kier alpha value is -1.88. The number of hydrogen-bond acceptors (Lipinski definition) is 3. The molecule has 1 heterocycles. The Morgan fingerprint density at radius 2 is 2.00 bits per heavy atom. The van der Waals surface area contributed by atoms with Gasteiger partial charge in [-0.1, -0.05) is 19.9 Å². The number of nitrogens with one attached hydrogen (secondary N) is 1. The average molecular weight is 315 g/mol. The fourth-order valence-corrected chi connectivity index (χ4v) is 3.05. The summed E-state index contributed by atoms with van der Waals surface area (Å²) in [4.78, 5) is 26.5. The first kappa shape index (κ1) is 16.0. The number of nitrogens with two attached hydrogens (primary N) is 1. The predicted molar refractivity (Wildman–Crippen MR) is 90.1 cm³/mol. The average Bonchev–Trinajstić information content (AvgIpc) is 3.34. The molecule has 124 valence electrons. The number of nitrogens with zero attached hydrogens (tertiary/aromatic N) is 1. The standard InChI is InChI=1S/C18H25N3O2/c1-18(2)11-21(9-8-15(18)19)17(23)13-4-3-5-14(10-13)20-16(22)12-6-7-12/h3-5,10,12,15H,6-9,11,19H2,1-2H3,(H,20,22). The summed E-state index contributed by atoms with van der Waals surface area (Å²) in [5, 5.41) is 2.90. The molecule has 1 unspecified atom stereocenters. The first-order valence-corrected chi connectivity index (χ1v) is 8.32. The summed E-state index contributed by atoms with van der Waals surface area (Å²) in [6, 6.07) is 7.33. The number of anilines is 1. The second-order valence-electron chi connectivity index (χ2n) is 7.45. The minimum atomic E-state index is -0.0777. The van der Waals surface area contributed by atoms with Crippen molar-refractivity contribution in [2.45, 2.75) is 39.2 Å². The maximum atomic E-state index is 12.8. The molecule has 1 aromatic carbocycles. The van der Waals surface area contributed by atoms with Crippen LogP contribution in [-0.4, -0.2) is 35.8 Å². The highest BCUT2D eigenvalue weighted by Gasteiger charge is 2.35. The highest BCUT2D eigenvalue weighted by Crippen LogP contribution is 2.31. The van der Waals surface area contributed by atoms with E-state index in [1.807, 2.05) is 17.0 Å². The largest absolute Gasteiger partial charge is 0.338 e. The van der Waals surface area contributed by atoms with Crippen LogP contribution in [0, 0.1) is 11.3 Å². The highest BCUT2D eigenvalue weighted by molar-refractivity contribution is 5.98. The molecule has 3 rings (SSSR count). The van der Waals surface area contributed by atoms with E-state index in [1.165, 1.54) is 0 Å². The Morgan fingerprint density at radius 1 is 1.26 bits per heavy atom. The molecule has 1 saturated carbocycles. The second kappa shape index (κ2) is 5.96. The van der Waals surface area contributed by atoms with Crippen molar-refractivity contribution >= 4 is 17.5 Å². The number of likely N-dealkylation sites (tertiary alicyclic amines) is 1. The SMILES string of the molecule is CC1(C)CN(C(=O)c2cccc(NC(=O)C3CC3)c2)CCC1N. The van der Waals surface area contributed by atoms with Crippen molar-refractivity contribution in [2.75, 3.05) is 18.4 Å². The minimum absolute atomic E-state index is 0.00694. The van der Waals surface area contributed by atoms with Gasteiger partial charge in [0.25, 0.3) is 5.91 Å². The molecule has 0 aromatic heterocycles. The maximum absolute atomic E-state index is 12.8. The third kappa shape index (κ3) is 3.55. The zero-order chi connectivity index (χ0) is 16.6. The van der Waals surface area contributed by atoms with E-state index in [9.17, 15) is 9.59 Å². The zero-order valence-corrected chi connectivity index (χ0v) is 13.8. The van der Waals surface area contributed by atoms with Crippen LogP contribution in [-0.2, 0) is 4.79 Å². The second-order valence-corrected chi connectivity index (χ2v) is 7.45. The fraction of sp³-hybridized carbons (Fsp3) is 0.556. The molecule has 1 aliphatic heterocycles. The molecule has 5 nitrogen and oxygen atoms in total. The molecule has 5 heteroatoms. The van der Waals surface area contributed by atoms with Crippen LogP contribution in [0.3, 0.4) is 0 Å². The first-order valence-electron chi connectivity index (χ1n) is 8.32. The van der Waals surface area contributed by atoms with Crippen molar-refractivity contribution in [3.8, 4) is 0 Å². The molecule has 23 heavy (non-hydrogen) atoms. The maximum Gasteiger partial charge on any atom is 0.253 e. The Morgan fingerprint density at radius 3 is 2.65 bits per heavy atom. The number of piperidine rings is 1. The summed E-state index contributed by atoms with van der Waals surface area (Å²) in [5.41, 5.74) is 7.37. The van der Waals surface area contributed by atoms with Gasteiger partial charge < -0.3 is 16.0 Å². The van der Waals surface area contributed by atoms with Gasteiger partial charge in [-0.25, -0.2) is 0 Å². The predicted octanol–water partition coefficient (Wildman–Crippen LogP) is 2.23. The van der Waals surface area contributed by atoms with Gasteiger partial charge in [0, 0.05) is 36.3 Å². The highest BCUT2D eigenvalue weighted by atomic mass is 16.2. The molecule has 1 aliphatic carbocycles. The summed E-state index contributed by atoms with van der Waals surface area (Å²) in [7, 11) is 0. The molecule has 1 saturated heterocycles. The summed E-state index contributed by atoms with van der Waals surface area (Å²) < 4.78 is 0. The van der Waals surface area contributed by atoms with Gasteiger partial charge in [0.05, 0.1) is 0 Å². The van der Waals surface area contributed by atoms with Crippen LogP contribution in [0.5, 0.6) is 0 Å². The third-order valence-corrected chi connectivity index (χ3v) is 4.92. The molecule has 1 aromatic rings. The van der Waals surface area contributed by atoms with E-state index in [4.69, 9.17) is 5.73 Å². The molecular formula is C18H25N3O2. The Labute approximate surface area is 137 Å². The zero-order valence-electron chi connectivity index (χ0n) is 13.8. The summed E-state index contributed by atoms with van der Waals surface area (Å²) in [6.45, 7) is 5.54. The lowest BCUT2D eigenvalue weighted by atomic mass is 9.79. The quantitative estimate of drug-likeness (QED) is 0.898. The van der Waals surface area contributed by atoms with E-state index in [2.05, 4.69) is 19.2 Å². The number of benzene rings is 1. The molecule has 3 N–H and O–H groups in total. The van der Waals surface area contributed by atoms with Crippen molar-refractivity contribution in [1.82, 2.24) is 4.90 Å². The van der Waals surface area contributed by atoms with Crippen molar-refractivity contribution in [1.29, 1.82) is 0 Å². The number of hydrogen-bond donors (Lipinski definition) is 2. The van der Waals surface area contributed by atoms with E-state index >= 15 is 0 Å². The Balaban J connectivity index is 1.70. The van der Waals surface area contributed by atoms with Gasteiger partial charge in [-0.2, -0.15) is 0 Å². The van der Waals surface area contributed by atoms with Crippen molar-refractivity contribution in [3.05, 3.63) is 29.8 Å². The Kier molecular flexibility index (Phi) is 4.15. The van der Waals surface area contributed by atoms with Gasteiger partial charge in [0.2, 0.25) is 5.91 Å². The molecule has 0 bridgehead atoms. The number of amides is 2. The van der Waals surface area contributed by atoms with Gasteiger partial charge in [0.1, 0.15) is 0 Å². The number of rotatable bonds is 3. The van der Waals surface area contributed by atoms with Crippen LogP contribution < -0.4 is 11.1 Å². The molecular weight excluding hydrogens is 290 g/mol. The van der Waals surface area contributed by atoms with Crippen LogP contribution >= 0.6 is 0 Å². The monoisotopic (exact) mass is 315 g/mol. The van der Waals surface area contributed by atoms with E-state index in [-0.39, 0.29) is 29.2 Å². The molecule has 0 radical (unpaired) electrons. The van der Waals surface area contributed by atoms with Crippen LogP contribution in [0.1, 0.15) is 43.5 Å². The van der Waals surface area contributed by atoms with Crippen LogP contribution in [0.4, 0.5) is 5.69 Å². The van der Waals surface area contributed by atoms with Gasteiger partial charge >= 0.3 is 0 Å². The normalized spacial score (nSPS) is 23.4. The minimum Gasteiger partial charge on any atom is -0.338 e. The Bertz CT molecular complexity index is 622.